The minimum absolute atomic E-state index is 0.0340. The predicted molar refractivity (Wildman–Crippen MR) is 89.9 cm³/mol. The Kier molecular flexibility index (Phi) is 4.90. The molecule has 1 aliphatic carbocycles. The number of amides is 2. The molecule has 124 valence electrons. The molecule has 2 fully saturated rings. The maximum absolute atomic E-state index is 12.5. The van der Waals surface area contributed by atoms with Gasteiger partial charge in [0.1, 0.15) is 0 Å². The quantitative estimate of drug-likeness (QED) is 0.920. The molecule has 3 atom stereocenters. The van der Waals surface area contributed by atoms with Crippen molar-refractivity contribution in [2.45, 2.75) is 32.7 Å². The van der Waals surface area contributed by atoms with E-state index in [1.54, 1.807) is 0 Å². The average molecular weight is 335 g/mol. The fourth-order valence-electron chi connectivity index (χ4n) is 3.34. The van der Waals surface area contributed by atoms with Gasteiger partial charge in [-0.25, -0.2) is 0 Å². The Morgan fingerprint density at radius 1 is 1.30 bits per heavy atom. The van der Waals surface area contributed by atoms with Gasteiger partial charge < -0.3 is 10.2 Å². The predicted octanol–water partition coefficient (Wildman–Crippen LogP) is 2.85. The van der Waals surface area contributed by atoms with Crippen LogP contribution in [-0.4, -0.2) is 29.8 Å². The van der Waals surface area contributed by atoms with Crippen LogP contribution < -0.4 is 5.32 Å². The van der Waals surface area contributed by atoms with Crippen LogP contribution in [0.25, 0.3) is 0 Å². The van der Waals surface area contributed by atoms with E-state index < -0.39 is 0 Å². The van der Waals surface area contributed by atoms with Crippen LogP contribution in [0, 0.1) is 17.8 Å². The molecule has 1 aliphatic heterocycles. The molecule has 0 aromatic heterocycles. The number of hydrogen-bond acceptors (Lipinski definition) is 2. The van der Waals surface area contributed by atoms with E-state index in [2.05, 4.69) is 12.2 Å². The third-order valence-electron chi connectivity index (χ3n) is 4.82. The zero-order valence-corrected chi connectivity index (χ0v) is 14.2. The molecule has 1 N–H and O–H groups in total. The van der Waals surface area contributed by atoms with Gasteiger partial charge in [-0.1, -0.05) is 36.7 Å². The van der Waals surface area contributed by atoms with E-state index in [-0.39, 0.29) is 23.7 Å². The van der Waals surface area contributed by atoms with Crippen molar-refractivity contribution < 1.29 is 9.59 Å². The van der Waals surface area contributed by atoms with Crippen LogP contribution in [-0.2, 0) is 16.1 Å². The van der Waals surface area contributed by atoms with Gasteiger partial charge in [0, 0.05) is 24.7 Å². The summed E-state index contributed by atoms with van der Waals surface area (Å²) in [4.78, 5) is 26.6. The van der Waals surface area contributed by atoms with Crippen molar-refractivity contribution in [1.82, 2.24) is 10.2 Å². The number of carbonyl (C=O) groups excluding carboxylic acids is 2. The third kappa shape index (κ3) is 3.86. The minimum atomic E-state index is -0.165. The van der Waals surface area contributed by atoms with Crippen molar-refractivity contribution in [2.75, 3.05) is 13.1 Å². The van der Waals surface area contributed by atoms with Crippen molar-refractivity contribution in [3.05, 3.63) is 34.9 Å². The molecule has 1 aromatic rings. The summed E-state index contributed by atoms with van der Waals surface area (Å²) >= 11 is 6.09. The zero-order chi connectivity index (χ0) is 16.4. The largest absolute Gasteiger partial charge is 0.352 e. The first-order valence-corrected chi connectivity index (χ1v) is 8.74. The van der Waals surface area contributed by atoms with Crippen LogP contribution in [0.3, 0.4) is 0 Å². The third-order valence-corrected chi connectivity index (χ3v) is 5.19. The fourth-order valence-corrected chi connectivity index (χ4v) is 3.54. The standard InChI is InChI=1S/C18H23ClN2O2/c1-12-5-4-8-21(11-12)18(23)15-9-14(15)17(22)20-10-13-6-2-3-7-16(13)19/h2-3,6-7,12,14-15H,4-5,8-11H2,1H3,(H,20,22). The van der Waals surface area contributed by atoms with Crippen molar-refractivity contribution in [2.24, 2.45) is 17.8 Å². The molecule has 1 aromatic carbocycles. The Bertz CT molecular complexity index is 604. The van der Waals surface area contributed by atoms with Crippen LogP contribution >= 0.6 is 11.6 Å². The lowest BCUT2D eigenvalue weighted by Crippen LogP contribution is -2.40. The lowest BCUT2D eigenvalue weighted by atomic mass is 10.00. The van der Waals surface area contributed by atoms with Gasteiger partial charge >= 0.3 is 0 Å². The van der Waals surface area contributed by atoms with Crippen molar-refractivity contribution in [1.29, 1.82) is 0 Å². The number of nitrogens with zero attached hydrogens (tertiary/aromatic N) is 1. The molecule has 3 rings (SSSR count). The molecule has 23 heavy (non-hydrogen) atoms. The number of halogens is 1. The lowest BCUT2D eigenvalue weighted by molar-refractivity contribution is -0.136. The molecule has 4 nitrogen and oxygen atoms in total. The summed E-state index contributed by atoms with van der Waals surface area (Å²) in [6.07, 6.45) is 2.94. The smallest absolute Gasteiger partial charge is 0.226 e. The highest BCUT2D eigenvalue weighted by molar-refractivity contribution is 6.31. The fraction of sp³-hybridized carbons (Fsp3) is 0.556. The summed E-state index contributed by atoms with van der Waals surface area (Å²) in [5.41, 5.74) is 0.899. The Balaban J connectivity index is 1.49. The molecule has 3 unspecified atom stereocenters. The number of hydrogen-bond donors (Lipinski definition) is 1. The molecule has 2 aliphatic rings. The highest BCUT2D eigenvalue weighted by atomic mass is 35.5. The number of benzene rings is 1. The normalized spacial score (nSPS) is 26.7. The van der Waals surface area contributed by atoms with E-state index in [1.807, 2.05) is 29.2 Å². The topological polar surface area (TPSA) is 49.4 Å². The van der Waals surface area contributed by atoms with Gasteiger partial charge in [0.25, 0.3) is 0 Å². The van der Waals surface area contributed by atoms with E-state index in [4.69, 9.17) is 11.6 Å². The van der Waals surface area contributed by atoms with Gasteiger partial charge in [-0.3, -0.25) is 9.59 Å². The second kappa shape index (κ2) is 6.91. The van der Waals surface area contributed by atoms with Crippen molar-refractivity contribution >= 4 is 23.4 Å². The lowest BCUT2D eigenvalue weighted by Gasteiger charge is -2.31. The summed E-state index contributed by atoms with van der Waals surface area (Å²) in [7, 11) is 0. The number of likely N-dealkylation sites (tertiary alicyclic amines) is 1. The van der Waals surface area contributed by atoms with Crippen molar-refractivity contribution in [3.8, 4) is 0 Å². The molecular formula is C18H23ClN2O2. The SMILES string of the molecule is CC1CCCN(C(=O)C2CC2C(=O)NCc2ccccc2Cl)C1. The first-order valence-electron chi connectivity index (χ1n) is 8.36. The number of carbonyl (C=O) groups is 2. The Hall–Kier alpha value is -1.55. The number of rotatable bonds is 4. The summed E-state index contributed by atoms with van der Waals surface area (Å²) in [5, 5.41) is 3.56. The molecule has 0 spiro atoms. The van der Waals surface area contributed by atoms with E-state index >= 15 is 0 Å². The van der Waals surface area contributed by atoms with E-state index in [9.17, 15) is 9.59 Å². The second-order valence-corrected chi connectivity index (χ2v) is 7.20. The maximum atomic E-state index is 12.5. The molecule has 0 bridgehead atoms. The molecule has 1 heterocycles. The van der Waals surface area contributed by atoms with Crippen LogP contribution in [0.4, 0.5) is 0 Å². The number of nitrogens with one attached hydrogen (secondary N) is 1. The molecule has 1 saturated heterocycles. The highest BCUT2D eigenvalue weighted by Crippen LogP contribution is 2.40. The van der Waals surface area contributed by atoms with E-state index in [1.165, 1.54) is 6.42 Å². The van der Waals surface area contributed by atoms with Gasteiger partial charge in [0.2, 0.25) is 11.8 Å². The molecule has 5 heteroatoms. The molecule has 1 saturated carbocycles. The van der Waals surface area contributed by atoms with Gasteiger partial charge in [-0.2, -0.15) is 0 Å². The van der Waals surface area contributed by atoms with Crippen LogP contribution in [0.1, 0.15) is 31.7 Å². The van der Waals surface area contributed by atoms with Crippen LogP contribution in [0.2, 0.25) is 5.02 Å². The van der Waals surface area contributed by atoms with Gasteiger partial charge in [0.05, 0.1) is 11.8 Å². The molecule has 0 radical (unpaired) electrons. The Morgan fingerprint density at radius 3 is 2.83 bits per heavy atom. The summed E-state index contributed by atoms with van der Waals surface area (Å²) in [5.74, 6) is 0.412. The minimum Gasteiger partial charge on any atom is -0.352 e. The second-order valence-electron chi connectivity index (χ2n) is 6.79. The zero-order valence-electron chi connectivity index (χ0n) is 13.4. The Labute approximate surface area is 142 Å². The molecule has 2 amide bonds. The first kappa shape index (κ1) is 16.3. The average Bonchev–Trinajstić information content (AvgIpc) is 3.34. The maximum Gasteiger partial charge on any atom is 0.226 e. The van der Waals surface area contributed by atoms with Crippen LogP contribution in [0.5, 0.6) is 0 Å². The van der Waals surface area contributed by atoms with Crippen LogP contribution in [0.15, 0.2) is 24.3 Å². The number of piperidine rings is 1. The summed E-state index contributed by atoms with van der Waals surface area (Å²) < 4.78 is 0. The first-order chi connectivity index (χ1) is 11.1. The highest BCUT2D eigenvalue weighted by Gasteiger charge is 2.49. The monoisotopic (exact) mass is 334 g/mol. The summed E-state index contributed by atoms with van der Waals surface area (Å²) in [6.45, 7) is 4.27. The molecular weight excluding hydrogens is 312 g/mol. The van der Waals surface area contributed by atoms with Gasteiger partial charge in [-0.05, 0) is 36.8 Å². The van der Waals surface area contributed by atoms with Crippen molar-refractivity contribution in [3.63, 3.8) is 0 Å². The summed E-state index contributed by atoms with van der Waals surface area (Å²) in [6, 6.07) is 7.47. The van der Waals surface area contributed by atoms with E-state index in [0.717, 1.165) is 25.1 Å². The Morgan fingerprint density at radius 2 is 2.09 bits per heavy atom. The van der Waals surface area contributed by atoms with Gasteiger partial charge in [-0.15, -0.1) is 0 Å². The van der Waals surface area contributed by atoms with E-state index in [0.29, 0.717) is 23.9 Å². The van der Waals surface area contributed by atoms with Gasteiger partial charge in [0.15, 0.2) is 0 Å².